The van der Waals surface area contributed by atoms with Crippen LogP contribution in [0.1, 0.15) is 17.4 Å². The molecule has 0 aliphatic carbocycles. The molecule has 0 aliphatic heterocycles. The lowest BCUT2D eigenvalue weighted by Crippen LogP contribution is -2.14. The van der Waals surface area contributed by atoms with Crippen molar-refractivity contribution >= 4 is 15.9 Å². The summed E-state index contributed by atoms with van der Waals surface area (Å²) in [5.74, 6) is 0.503. The van der Waals surface area contributed by atoms with Gasteiger partial charge in [-0.05, 0) is 33.6 Å². The van der Waals surface area contributed by atoms with Crippen LogP contribution in [0.5, 0.6) is 0 Å². The Kier molecular flexibility index (Phi) is 3.36. The topological polar surface area (TPSA) is 54.7 Å². The van der Waals surface area contributed by atoms with Gasteiger partial charge in [0.2, 0.25) is 0 Å². The Balaban J connectivity index is 2.14. The molecule has 16 heavy (non-hydrogen) atoms. The van der Waals surface area contributed by atoms with Gasteiger partial charge in [0.05, 0.1) is 4.47 Å². The smallest absolute Gasteiger partial charge is 0.137 e. The molecular formula is C11H11BrFN3. The molecule has 0 amide bonds. The molecule has 0 aliphatic rings. The van der Waals surface area contributed by atoms with Crippen molar-refractivity contribution in [3.63, 3.8) is 0 Å². The molecule has 1 atom stereocenters. The number of nitrogens with zero attached hydrogens (tertiary/aromatic N) is 1. The number of aromatic nitrogens is 2. The number of H-pyrrole nitrogens is 1. The largest absolute Gasteiger partial charge is 0.349 e. The van der Waals surface area contributed by atoms with E-state index < -0.39 is 0 Å². The Morgan fingerprint density at radius 3 is 2.94 bits per heavy atom. The highest BCUT2D eigenvalue weighted by Gasteiger charge is 2.10. The zero-order valence-corrected chi connectivity index (χ0v) is 10.0. The van der Waals surface area contributed by atoms with E-state index in [9.17, 15) is 4.39 Å². The zero-order chi connectivity index (χ0) is 11.5. The zero-order valence-electron chi connectivity index (χ0n) is 8.45. The van der Waals surface area contributed by atoms with Crippen LogP contribution in [-0.4, -0.2) is 9.97 Å². The van der Waals surface area contributed by atoms with Crippen molar-refractivity contribution in [1.82, 2.24) is 9.97 Å². The van der Waals surface area contributed by atoms with Gasteiger partial charge < -0.3 is 10.7 Å². The standard InChI is InChI=1S/C11H11BrFN3/c12-8-2-1-7(5-9(8)13)10(14)6-11-15-3-4-16-11/h1-5,10H,6,14H2,(H,15,16). The Labute approximate surface area is 101 Å². The molecule has 84 valence electrons. The summed E-state index contributed by atoms with van der Waals surface area (Å²) in [6, 6.07) is 4.65. The second kappa shape index (κ2) is 4.76. The molecule has 3 nitrogen and oxygen atoms in total. The quantitative estimate of drug-likeness (QED) is 0.910. The minimum Gasteiger partial charge on any atom is -0.349 e. The Morgan fingerprint density at radius 2 is 2.31 bits per heavy atom. The average Bonchev–Trinajstić information content (AvgIpc) is 2.74. The lowest BCUT2D eigenvalue weighted by atomic mass is 10.0. The van der Waals surface area contributed by atoms with E-state index in [1.165, 1.54) is 6.07 Å². The summed E-state index contributed by atoms with van der Waals surface area (Å²) < 4.78 is 13.7. The maximum Gasteiger partial charge on any atom is 0.137 e. The fourth-order valence-corrected chi connectivity index (χ4v) is 1.73. The SMILES string of the molecule is NC(Cc1ncc[nH]1)c1ccc(Br)c(F)c1. The van der Waals surface area contributed by atoms with E-state index in [1.807, 2.05) is 0 Å². The number of rotatable bonds is 3. The van der Waals surface area contributed by atoms with Crippen LogP contribution in [0.25, 0.3) is 0 Å². The van der Waals surface area contributed by atoms with E-state index >= 15 is 0 Å². The van der Waals surface area contributed by atoms with Gasteiger partial charge in [0, 0.05) is 24.9 Å². The Bertz CT molecular complexity index is 470. The van der Waals surface area contributed by atoms with Crippen LogP contribution in [-0.2, 0) is 6.42 Å². The van der Waals surface area contributed by atoms with E-state index in [0.29, 0.717) is 10.9 Å². The van der Waals surface area contributed by atoms with Crippen molar-refractivity contribution < 1.29 is 4.39 Å². The normalized spacial score (nSPS) is 12.7. The highest BCUT2D eigenvalue weighted by molar-refractivity contribution is 9.10. The van der Waals surface area contributed by atoms with Crippen molar-refractivity contribution in [1.29, 1.82) is 0 Å². The minimum atomic E-state index is -0.299. The molecule has 0 fully saturated rings. The van der Waals surface area contributed by atoms with Gasteiger partial charge in [-0.25, -0.2) is 9.37 Å². The first-order valence-corrected chi connectivity index (χ1v) is 5.65. The predicted octanol–water partition coefficient (Wildman–Crippen LogP) is 2.55. The molecule has 0 saturated heterocycles. The van der Waals surface area contributed by atoms with Crippen molar-refractivity contribution in [2.75, 3.05) is 0 Å². The molecule has 5 heteroatoms. The molecule has 2 rings (SSSR count). The monoisotopic (exact) mass is 283 g/mol. The average molecular weight is 284 g/mol. The van der Waals surface area contributed by atoms with Gasteiger partial charge in [-0.1, -0.05) is 6.07 Å². The summed E-state index contributed by atoms with van der Waals surface area (Å²) in [6.45, 7) is 0. The number of aromatic amines is 1. The van der Waals surface area contributed by atoms with Gasteiger partial charge in [-0.3, -0.25) is 0 Å². The third-order valence-corrected chi connectivity index (χ3v) is 2.98. The first-order valence-electron chi connectivity index (χ1n) is 4.85. The van der Waals surface area contributed by atoms with E-state index in [2.05, 4.69) is 25.9 Å². The summed E-state index contributed by atoms with van der Waals surface area (Å²) in [5, 5.41) is 0. The van der Waals surface area contributed by atoms with Crippen molar-refractivity contribution in [3.8, 4) is 0 Å². The molecule has 2 aromatic rings. The summed E-state index contributed by atoms with van der Waals surface area (Å²) in [7, 11) is 0. The highest BCUT2D eigenvalue weighted by atomic mass is 79.9. The first-order chi connectivity index (χ1) is 7.66. The molecule has 1 heterocycles. The summed E-state index contributed by atoms with van der Waals surface area (Å²) in [6.07, 6.45) is 3.97. The van der Waals surface area contributed by atoms with Crippen molar-refractivity contribution in [2.24, 2.45) is 5.73 Å². The van der Waals surface area contributed by atoms with Gasteiger partial charge in [0.15, 0.2) is 0 Å². The van der Waals surface area contributed by atoms with Crippen molar-refractivity contribution in [2.45, 2.75) is 12.5 Å². The van der Waals surface area contributed by atoms with Gasteiger partial charge in [-0.2, -0.15) is 0 Å². The fraction of sp³-hybridized carbons (Fsp3) is 0.182. The maximum absolute atomic E-state index is 13.3. The van der Waals surface area contributed by atoms with Crippen LogP contribution in [0, 0.1) is 5.82 Å². The Hall–Kier alpha value is -1.20. The van der Waals surface area contributed by atoms with Gasteiger partial charge >= 0.3 is 0 Å². The number of nitrogens with two attached hydrogens (primary N) is 1. The van der Waals surface area contributed by atoms with Crippen LogP contribution in [0.3, 0.4) is 0 Å². The van der Waals surface area contributed by atoms with Crippen LogP contribution in [0.15, 0.2) is 35.1 Å². The predicted molar refractivity (Wildman–Crippen MR) is 63.3 cm³/mol. The molecule has 3 N–H and O–H groups in total. The second-order valence-corrected chi connectivity index (χ2v) is 4.37. The summed E-state index contributed by atoms with van der Waals surface area (Å²) in [4.78, 5) is 7.05. The van der Waals surface area contributed by atoms with Gasteiger partial charge in [-0.15, -0.1) is 0 Å². The lowest BCUT2D eigenvalue weighted by molar-refractivity contribution is 0.610. The summed E-state index contributed by atoms with van der Waals surface area (Å²) in [5.41, 5.74) is 6.72. The number of nitrogens with one attached hydrogen (secondary N) is 1. The van der Waals surface area contributed by atoms with Crippen LogP contribution >= 0.6 is 15.9 Å². The van der Waals surface area contributed by atoms with E-state index in [0.717, 1.165) is 11.4 Å². The molecule has 0 spiro atoms. The van der Waals surface area contributed by atoms with E-state index in [4.69, 9.17) is 5.73 Å². The second-order valence-electron chi connectivity index (χ2n) is 3.52. The van der Waals surface area contributed by atoms with Crippen LogP contribution < -0.4 is 5.73 Å². The lowest BCUT2D eigenvalue weighted by Gasteiger charge is -2.10. The van der Waals surface area contributed by atoms with E-state index in [1.54, 1.807) is 24.5 Å². The molecular weight excluding hydrogens is 273 g/mol. The van der Waals surface area contributed by atoms with Crippen molar-refractivity contribution in [3.05, 3.63) is 52.3 Å². The number of benzene rings is 1. The summed E-state index contributed by atoms with van der Waals surface area (Å²) >= 11 is 3.10. The third kappa shape index (κ3) is 2.48. The third-order valence-electron chi connectivity index (χ3n) is 2.34. The molecule has 0 bridgehead atoms. The molecule has 1 unspecified atom stereocenters. The van der Waals surface area contributed by atoms with Gasteiger partial charge in [0.1, 0.15) is 11.6 Å². The highest BCUT2D eigenvalue weighted by Crippen LogP contribution is 2.21. The van der Waals surface area contributed by atoms with Gasteiger partial charge in [0.25, 0.3) is 0 Å². The number of halogens is 2. The first kappa shape index (κ1) is 11.3. The molecule has 0 radical (unpaired) electrons. The van der Waals surface area contributed by atoms with Crippen LogP contribution in [0.2, 0.25) is 0 Å². The number of hydrogen-bond acceptors (Lipinski definition) is 2. The number of hydrogen-bond donors (Lipinski definition) is 2. The number of imidazole rings is 1. The maximum atomic E-state index is 13.3. The molecule has 1 aromatic heterocycles. The molecule has 0 saturated carbocycles. The molecule has 1 aromatic carbocycles. The minimum absolute atomic E-state index is 0.256. The fourth-order valence-electron chi connectivity index (χ4n) is 1.48. The van der Waals surface area contributed by atoms with E-state index in [-0.39, 0.29) is 11.9 Å². The Morgan fingerprint density at radius 1 is 1.50 bits per heavy atom. The van der Waals surface area contributed by atoms with Crippen LogP contribution in [0.4, 0.5) is 4.39 Å².